The minimum atomic E-state index is -0.507. The van der Waals surface area contributed by atoms with E-state index in [-0.39, 0.29) is 42.0 Å². The predicted molar refractivity (Wildman–Crippen MR) is 166 cm³/mol. The zero-order valence-electron chi connectivity index (χ0n) is 25.0. The molecular weight excluding hydrogens is 537 g/mol. The molecule has 1 aliphatic heterocycles. The molecule has 8 heteroatoms. The molecule has 2 bridgehead atoms. The van der Waals surface area contributed by atoms with Crippen molar-refractivity contribution in [1.82, 2.24) is 10.3 Å². The van der Waals surface area contributed by atoms with Crippen LogP contribution < -0.4 is 10.1 Å². The summed E-state index contributed by atoms with van der Waals surface area (Å²) in [7, 11) is -0.507. The van der Waals surface area contributed by atoms with Gasteiger partial charge in [-0.2, -0.15) is 5.26 Å². The number of ether oxygens (including phenoxy) is 1. The molecule has 1 unspecified atom stereocenters. The summed E-state index contributed by atoms with van der Waals surface area (Å²) in [5.74, 6) is 1.31. The average Bonchev–Trinajstić information content (AvgIpc) is 3.38. The molecule has 220 valence electrons. The highest BCUT2D eigenvalue weighted by Gasteiger charge is 2.68. The molecule has 2 heterocycles. The van der Waals surface area contributed by atoms with E-state index in [1.165, 1.54) is 6.42 Å². The van der Waals surface area contributed by atoms with Crippen molar-refractivity contribution in [3.05, 3.63) is 95.8 Å². The maximum absolute atomic E-state index is 13.2. The minimum absolute atomic E-state index is 0.0494. The lowest BCUT2D eigenvalue weighted by Gasteiger charge is -2.64. The Kier molecular flexibility index (Phi) is 8.13. The van der Waals surface area contributed by atoms with E-state index >= 15 is 0 Å². The zero-order chi connectivity index (χ0) is 30.0. The van der Waals surface area contributed by atoms with E-state index in [1.807, 2.05) is 54.6 Å². The molecule has 1 saturated heterocycles. The number of amides is 1. The second kappa shape index (κ2) is 12.0. The Morgan fingerprint density at radius 3 is 2.70 bits per heavy atom. The van der Waals surface area contributed by atoms with Crippen molar-refractivity contribution in [2.45, 2.75) is 64.1 Å². The van der Waals surface area contributed by atoms with Gasteiger partial charge in [0, 0.05) is 6.20 Å². The van der Waals surface area contributed by atoms with Gasteiger partial charge in [-0.25, -0.2) is 0 Å². The molecule has 4 fully saturated rings. The summed E-state index contributed by atoms with van der Waals surface area (Å²) in [6.07, 6.45) is 6.48. The van der Waals surface area contributed by atoms with E-state index in [2.05, 4.69) is 49.3 Å². The highest BCUT2D eigenvalue weighted by Crippen LogP contribution is 2.65. The van der Waals surface area contributed by atoms with E-state index < -0.39 is 7.12 Å². The largest absolute Gasteiger partial charge is 0.493 e. The molecule has 0 radical (unpaired) electrons. The van der Waals surface area contributed by atoms with Crippen molar-refractivity contribution in [3.63, 3.8) is 0 Å². The first-order chi connectivity index (χ1) is 20.8. The fourth-order valence-corrected chi connectivity index (χ4v) is 7.24. The van der Waals surface area contributed by atoms with Crippen molar-refractivity contribution in [2.24, 2.45) is 17.3 Å². The van der Waals surface area contributed by atoms with Crippen LogP contribution in [0.25, 0.3) is 11.6 Å². The Labute approximate surface area is 254 Å². The summed E-state index contributed by atoms with van der Waals surface area (Å²) in [4.78, 5) is 17.5. The first-order valence-corrected chi connectivity index (χ1v) is 15.2. The van der Waals surface area contributed by atoms with Gasteiger partial charge in [-0.15, -0.1) is 0 Å². The minimum Gasteiger partial charge on any atom is -0.493 e. The van der Waals surface area contributed by atoms with Crippen LogP contribution in [-0.4, -0.2) is 42.3 Å². The normalized spacial score (nSPS) is 26.0. The lowest BCUT2D eigenvalue weighted by molar-refractivity contribution is -0.199. The van der Waals surface area contributed by atoms with Gasteiger partial charge in [0.05, 0.1) is 41.9 Å². The average molecular weight is 576 g/mol. The molecule has 5 atom stereocenters. The summed E-state index contributed by atoms with van der Waals surface area (Å²) in [6, 6.07) is 25.3. The maximum Gasteiger partial charge on any atom is 0.482 e. The van der Waals surface area contributed by atoms with Crippen LogP contribution in [-0.2, 0) is 20.5 Å². The molecule has 1 amide bonds. The molecule has 0 spiro atoms. The van der Waals surface area contributed by atoms with Gasteiger partial charge in [-0.3, -0.25) is 9.78 Å². The molecular formula is C35H38BN3O4. The Morgan fingerprint density at radius 1 is 1.14 bits per heavy atom. The van der Waals surface area contributed by atoms with Crippen molar-refractivity contribution >= 4 is 24.7 Å². The first kappa shape index (κ1) is 29.2. The number of carbonyl (C=O) groups excluding carboxylic acids is 1. The van der Waals surface area contributed by atoms with Crippen LogP contribution in [0.5, 0.6) is 5.75 Å². The molecule has 3 aliphatic carbocycles. The van der Waals surface area contributed by atoms with Crippen LogP contribution in [0.15, 0.2) is 79.0 Å². The fraction of sp³-hybridized carbons (Fsp3) is 0.400. The summed E-state index contributed by atoms with van der Waals surface area (Å²) < 4.78 is 19.2. The van der Waals surface area contributed by atoms with Crippen LogP contribution in [0, 0.1) is 28.6 Å². The van der Waals surface area contributed by atoms with E-state index in [9.17, 15) is 10.1 Å². The summed E-state index contributed by atoms with van der Waals surface area (Å²) >= 11 is 0. The van der Waals surface area contributed by atoms with Gasteiger partial charge in [0.1, 0.15) is 11.8 Å². The zero-order valence-corrected chi connectivity index (χ0v) is 25.0. The van der Waals surface area contributed by atoms with Gasteiger partial charge < -0.3 is 19.4 Å². The smallest absolute Gasteiger partial charge is 0.482 e. The number of hydrogen-bond donors (Lipinski definition) is 1. The van der Waals surface area contributed by atoms with Crippen LogP contribution in [0.1, 0.15) is 56.9 Å². The molecule has 7 nitrogen and oxygen atoms in total. The number of nitriles is 1. The standard InChI is InChI=1S/C35H38BN3O4/c1-34(2)27-21-30(34)35(3)31(22-27)42-36(43-35)32(20-24-10-5-4-6-11-24)39-33(40)15-17-41-28-13-9-12-25(19-28)18-26(23-37)29-14-7-8-16-38-29/h4-14,16,18-19,27,30-32H,15,17,20-22H2,1-3H3,(H,39,40)/t27-,30-,31+,32?,35-/m0/s1. The third-order valence-electron chi connectivity index (χ3n) is 9.77. The molecule has 3 aromatic rings. The molecule has 3 saturated carbocycles. The number of nitrogens with zero attached hydrogens (tertiary/aromatic N) is 2. The van der Waals surface area contributed by atoms with Gasteiger partial charge in [-0.05, 0) is 84.9 Å². The predicted octanol–water partition coefficient (Wildman–Crippen LogP) is 5.91. The number of nitrogens with one attached hydrogen (secondary N) is 1. The fourth-order valence-electron chi connectivity index (χ4n) is 7.24. The maximum atomic E-state index is 13.2. The van der Waals surface area contributed by atoms with Crippen molar-refractivity contribution in [1.29, 1.82) is 5.26 Å². The second-order valence-electron chi connectivity index (χ2n) is 12.8. The Hall–Kier alpha value is -3.93. The molecule has 1 N–H and O–H groups in total. The highest BCUT2D eigenvalue weighted by molar-refractivity contribution is 6.48. The van der Waals surface area contributed by atoms with Crippen LogP contribution in [0.3, 0.4) is 0 Å². The third kappa shape index (κ3) is 5.97. The van der Waals surface area contributed by atoms with E-state index in [1.54, 1.807) is 18.3 Å². The topological polar surface area (TPSA) is 93.5 Å². The molecule has 7 rings (SSSR count). The Balaban J connectivity index is 1.09. The van der Waals surface area contributed by atoms with Crippen LogP contribution in [0.4, 0.5) is 0 Å². The Bertz CT molecular complexity index is 1520. The molecule has 2 aromatic carbocycles. The lowest BCUT2D eigenvalue weighted by Crippen LogP contribution is -2.65. The van der Waals surface area contributed by atoms with Crippen LogP contribution in [0.2, 0.25) is 0 Å². The second-order valence-corrected chi connectivity index (χ2v) is 12.8. The quantitative estimate of drug-likeness (QED) is 0.239. The third-order valence-corrected chi connectivity index (χ3v) is 9.77. The highest BCUT2D eigenvalue weighted by atomic mass is 16.7. The Morgan fingerprint density at radius 2 is 1.95 bits per heavy atom. The van der Waals surface area contributed by atoms with Gasteiger partial charge in [-0.1, -0.05) is 62.4 Å². The molecule has 4 aliphatic rings. The number of allylic oxidation sites excluding steroid dienone is 1. The number of aromatic nitrogens is 1. The number of carbonyl (C=O) groups is 1. The van der Waals surface area contributed by atoms with E-state index in [0.29, 0.717) is 35.3 Å². The summed E-state index contributed by atoms with van der Waals surface area (Å²) in [6.45, 7) is 7.12. The lowest BCUT2D eigenvalue weighted by atomic mass is 9.43. The summed E-state index contributed by atoms with van der Waals surface area (Å²) in [5.41, 5.74) is 2.93. The number of benzene rings is 2. The van der Waals surface area contributed by atoms with Crippen molar-refractivity contribution in [3.8, 4) is 11.8 Å². The SMILES string of the molecule is CC1(C)[C@@H]2C[C@H]3OB(C(Cc4ccccc4)NC(=O)CCOc4cccc(C=C(C#N)c5ccccn5)c4)O[C@@]3(C)[C@H]1C2. The number of rotatable bonds is 10. The molecule has 43 heavy (non-hydrogen) atoms. The van der Waals surface area contributed by atoms with Crippen molar-refractivity contribution < 1.29 is 18.8 Å². The van der Waals surface area contributed by atoms with Gasteiger partial charge in [0.2, 0.25) is 5.91 Å². The van der Waals surface area contributed by atoms with Gasteiger partial charge >= 0.3 is 7.12 Å². The number of hydrogen-bond acceptors (Lipinski definition) is 6. The first-order valence-electron chi connectivity index (χ1n) is 15.2. The van der Waals surface area contributed by atoms with E-state index in [0.717, 1.165) is 17.5 Å². The van der Waals surface area contributed by atoms with Crippen LogP contribution >= 0.6 is 0 Å². The molecule has 1 aromatic heterocycles. The summed E-state index contributed by atoms with van der Waals surface area (Å²) in [5, 5.41) is 12.8. The van der Waals surface area contributed by atoms with E-state index in [4.69, 9.17) is 14.0 Å². The van der Waals surface area contributed by atoms with Crippen molar-refractivity contribution in [2.75, 3.05) is 6.61 Å². The monoisotopic (exact) mass is 575 g/mol. The van der Waals surface area contributed by atoms with Gasteiger partial charge in [0.15, 0.2) is 0 Å². The number of pyridine rings is 1. The van der Waals surface area contributed by atoms with Gasteiger partial charge in [0.25, 0.3) is 0 Å².